The molecule has 1 rings (SSSR count). The number of hydrogen-bond acceptors (Lipinski definition) is 3. The maximum absolute atomic E-state index is 11.8. The highest BCUT2D eigenvalue weighted by Gasteiger charge is 2.10. The Hall–Kier alpha value is -1.06. The molecular weight excluding hydrogens is 226 g/mol. The number of benzene rings is 1. The molecule has 1 aromatic carbocycles. The molecule has 0 aliphatic rings. The smallest absolute Gasteiger partial charge is 0.176 e. The van der Waals surface area contributed by atoms with E-state index < -0.39 is 0 Å². The molecule has 0 unspecified atom stereocenters. The molecular formula is C12H16ClNO2. The topological polar surface area (TPSA) is 29.5 Å². The average Bonchev–Trinajstić information content (AvgIpc) is 2.28. The second-order valence-corrected chi connectivity index (χ2v) is 4.01. The Balaban J connectivity index is 2.81. The molecule has 4 heteroatoms. The number of halogens is 1. The Morgan fingerprint density at radius 3 is 2.69 bits per heavy atom. The van der Waals surface area contributed by atoms with Crippen LogP contribution < -0.4 is 4.74 Å². The molecule has 0 saturated carbocycles. The van der Waals surface area contributed by atoms with Gasteiger partial charge in [-0.2, -0.15) is 0 Å². The minimum Gasteiger partial charge on any atom is -0.495 e. The molecule has 0 spiro atoms. The van der Waals surface area contributed by atoms with Crippen LogP contribution in [-0.2, 0) is 0 Å². The van der Waals surface area contributed by atoms with Gasteiger partial charge in [-0.15, -0.1) is 0 Å². The number of ketones is 1. The summed E-state index contributed by atoms with van der Waals surface area (Å²) in [6, 6.07) is 5.09. The normalized spacial score (nSPS) is 10.6. The fraction of sp³-hybridized carbons (Fsp3) is 0.417. The van der Waals surface area contributed by atoms with Crippen molar-refractivity contribution >= 4 is 17.4 Å². The lowest BCUT2D eigenvalue weighted by Gasteiger charge is -2.13. The van der Waals surface area contributed by atoms with E-state index in [1.165, 1.54) is 0 Å². The number of rotatable bonds is 5. The molecule has 0 atom stereocenters. The van der Waals surface area contributed by atoms with E-state index in [9.17, 15) is 4.79 Å². The van der Waals surface area contributed by atoms with Gasteiger partial charge in [-0.1, -0.05) is 18.5 Å². The van der Waals surface area contributed by atoms with E-state index in [0.717, 1.165) is 6.54 Å². The van der Waals surface area contributed by atoms with Crippen molar-refractivity contribution in [3.8, 4) is 5.75 Å². The van der Waals surface area contributed by atoms with Crippen LogP contribution >= 0.6 is 11.6 Å². The van der Waals surface area contributed by atoms with Gasteiger partial charge in [0.15, 0.2) is 5.78 Å². The Morgan fingerprint density at radius 1 is 1.50 bits per heavy atom. The van der Waals surface area contributed by atoms with Gasteiger partial charge in [0.05, 0.1) is 18.7 Å². The van der Waals surface area contributed by atoms with Crippen LogP contribution in [0.1, 0.15) is 17.3 Å². The Labute approximate surface area is 101 Å². The third kappa shape index (κ3) is 3.22. The summed E-state index contributed by atoms with van der Waals surface area (Å²) in [4.78, 5) is 13.8. The Morgan fingerprint density at radius 2 is 2.19 bits per heavy atom. The van der Waals surface area contributed by atoms with Gasteiger partial charge in [-0.25, -0.2) is 0 Å². The lowest BCUT2D eigenvalue weighted by atomic mass is 10.1. The highest BCUT2D eigenvalue weighted by Crippen LogP contribution is 2.25. The van der Waals surface area contributed by atoms with Crippen molar-refractivity contribution in [1.82, 2.24) is 4.90 Å². The van der Waals surface area contributed by atoms with Crippen LogP contribution in [0.5, 0.6) is 5.75 Å². The van der Waals surface area contributed by atoms with Crippen molar-refractivity contribution in [2.45, 2.75) is 6.92 Å². The van der Waals surface area contributed by atoms with Crippen LogP contribution in [0.25, 0.3) is 0 Å². The van der Waals surface area contributed by atoms with Crippen molar-refractivity contribution in [2.24, 2.45) is 0 Å². The first-order valence-electron chi connectivity index (χ1n) is 5.13. The number of ether oxygens (including phenoxy) is 1. The second kappa shape index (κ2) is 5.87. The summed E-state index contributed by atoms with van der Waals surface area (Å²) in [5.74, 6) is 0.649. The maximum Gasteiger partial charge on any atom is 0.176 e. The van der Waals surface area contributed by atoms with E-state index in [2.05, 4.69) is 0 Å². The molecule has 0 N–H and O–H groups in total. The number of methoxy groups -OCH3 is 1. The molecule has 0 aliphatic heterocycles. The highest BCUT2D eigenvalue weighted by molar-refractivity contribution is 6.32. The monoisotopic (exact) mass is 241 g/mol. The van der Waals surface area contributed by atoms with Crippen LogP contribution in [0.4, 0.5) is 0 Å². The van der Waals surface area contributed by atoms with Gasteiger partial charge in [-0.05, 0) is 31.8 Å². The molecule has 0 saturated heterocycles. The summed E-state index contributed by atoms with van der Waals surface area (Å²) in [5.41, 5.74) is 0.617. The number of carbonyl (C=O) groups is 1. The predicted molar refractivity (Wildman–Crippen MR) is 65.5 cm³/mol. The van der Waals surface area contributed by atoms with Crippen LogP contribution in [0, 0.1) is 0 Å². The van der Waals surface area contributed by atoms with Crippen LogP contribution in [-0.4, -0.2) is 37.9 Å². The zero-order valence-electron chi connectivity index (χ0n) is 9.79. The Bertz CT molecular complexity index is 379. The lowest BCUT2D eigenvalue weighted by molar-refractivity contribution is 0.0949. The summed E-state index contributed by atoms with van der Waals surface area (Å²) in [6.07, 6.45) is 0. The van der Waals surface area contributed by atoms with Gasteiger partial charge in [0, 0.05) is 5.56 Å². The molecule has 0 amide bonds. The maximum atomic E-state index is 11.8. The van der Waals surface area contributed by atoms with Gasteiger partial charge in [0.2, 0.25) is 0 Å². The third-order valence-corrected chi connectivity index (χ3v) is 2.72. The molecule has 0 aliphatic carbocycles. The zero-order chi connectivity index (χ0) is 12.1. The predicted octanol–water partition coefficient (Wildman–Crippen LogP) is 2.48. The van der Waals surface area contributed by atoms with E-state index >= 15 is 0 Å². The van der Waals surface area contributed by atoms with Crippen molar-refractivity contribution < 1.29 is 9.53 Å². The summed E-state index contributed by atoms with van der Waals surface area (Å²) in [5, 5.41) is 0.465. The van der Waals surface area contributed by atoms with Crippen molar-refractivity contribution in [3.05, 3.63) is 28.8 Å². The SMILES string of the molecule is CCN(C)CC(=O)c1ccc(OC)c(Cl)c1. The molecule has 0 radical (unpaired) electrons. The van der Waals surface area contributed by atoms with Crippen LogP contribution in [0.3, 0.4) is 0 Å². The van der Waals surface area contributed by atoms with Gasteiger partial charge in [-0.3, -0.25) is 9.69 Å². The Kier molecular flexibility index (Phi) is 4.77. The largest absolute Gasteiger partial charge is 0.495 e. The van der Waals surface area contributed by atoms with Gasteiger partial charge in [0.25, 0.3) is 0 Å². The number of carbonyl (C=O) groups excluding carboxylic acids is 1. The number of nitrogens with zero attached hydrogens (tertiary/aromatic N) is 1. The summed E-state index contributed by atoms with van der Waals surface area (Å²) in [6.45, 7) is 3.25. The van der Waals surface area contributed by atoms with E-state index in [1.807, 2.05) is 18.9 Å². The van der Waals surface area contributed by atoms with Gasteiger partial charge >= 0.3 is 0 Å². The minimum absolute atomic E-state index is 0.0638. The molecule has 0 bridgehead atoms. The van der Waals surface area contributed by atoms with E-state index in [-0.39, 0.29) is 5.78 Å². The highest BCUT2D eigenvalue weighted by atomic mass is 35.5. The van der Waals surface area contributed by atoms with Gasteiger partial charge in [0.1, 0.15) is 5.75 Å². The number of hydrogen-bond donors (Lipinski definition) is 0. The molecule has 0 fully saturated rings. The van der Waals surface area contributed by atoms with E-state index in [4.69, 9.17) is 16.3 Å². The molecule has 88 valence electrons. The second-order valence-electron chi connectivity index (χ2n) is 3.60. The third-order valence-electron chi connectivity index (χ3n) is 2.43. The van der Waals surface area contributed by atoms with Crippen LogP contribution in [0.2, 0.25) is 5.02 Å². The van der Waals surface area contributed by atoms with Crippen molar-refractivity contribution in [2.75, 3.05) is 27.2 Å². The van der Waals surface area contributed by atoms with Gasteiger partial charge < -0.3 is 4.74 Å². The number of Topliss-reactive ketones (excluding diaryl/α,β-unsaturated/α-hetero) is 1. The van der Waals surface area contributed by atoms with Crippen LogP contribution in [0.15, 0.2) is 18.2 Å². The van der Waals surface area contributed by atoms with E-state index in [0.29, 0.717) is 22.9 Å². The summed E-state index contributed by atoms with van der Waals surface area (Å²) >= 11 is 5.95. The molecule has 3 nitrogen and oxygen atoms in total. The average molecular weight is 242 g/mol. The number of likely N-dealkylation sites (N-methyl/N-ethyl adjacent to an activating group) is 1. The summed E-state index contributed by atoms with van der Waals surface area (Å²) < 4.78 is 5.03. The standard InChI is InChI=1S/C12H16ClNO2/c1-4-14(2)8-11(15)9-5-6-12(16-3)10(13)7-9/h5-7H,4,8H2,1-3H3. The van der Waals surface area contributed by atoms with Crippen molar-refractivity contribution in [1.29, 1.82) is 0 Å². The fourth-order valence-electron chi connectivity index (χ4n) is 1.29. The van der Waals surface area contributed by atoms with E-state index in [1.54, 1.807) is 25.3 Å². The lowest BCUT2D eigenvalue weighted by Crippen LogP contribution is -2.25. The van der Waals surface area contributed by atoms with Crippen molar-refractivity contribution in [3.63, 3.8) is 0 Å². The molecule has 0 heterocycles. The fourth-order valence-corrected chi connectivity index (χ4v) is 1.55. The molecule has 0 aromatic heterocycles. The first-order chi connectivity index (χ1) is 7.58. The quantitative estimate of drug-likeness (QED) is 0.742. The molecule has 16 heavy (non-hydrogen) atoms. The first kappa shape index (κ1) is 13.0. The summed E-state index contributed by atoms with van der Waals surface area (Å²) in [7, 11) is 3.45. The first-order valence-corrected chi connectivity index (χ1v) is 5.51. The zero-order valence-corrected chi connectivity index (χ0v) is 10.5. The molecule has 1 aromatic rings. The minimum atomic E-state index is 0.0638.